The van der Waals surface area contributed by atoms with Crippen LogP contribution >= 0.6 is 0 Å². The molecule has 3 heteroatoms. The van der Waals surface area contributed by atoms with E-state index in [9.17, 15) is 5.11 Å². The zero-order valence-electron chi connectivity index (χ0n) is 13.6. The SMILES string of the molecule is CNC(C)(CO)CC(C)N1CCCC(C(C)C)CC1. The molecular weight excluding hydrogens is 236 g/mol. The molecule has 1 rings (SSSR count). The van der Waals surface area contributed by atoms with Crippen molar-refractivity contribution in [1.29, 1.82) is 0 Å². The Balaban J connectivity index is 2.51. The maximum absolute atomic E-state index is 9.52. The van der Waals surface area contributed by atoms with E-state index >= 15 is 0 Å². The minimum atomic E-state index is -0.150. The highest BCUT2D eigenvalue weighted by Crippen LogP contribution is 2.26. The second kappa shape index (κ2) is 7.61. The summed E-state index contributed by atoms with van der Waals surface area (Å²) in [6.07, 6.45) is 5.04. The van der Waals surface area contributed by atoms with E-state index in [2.05, 4.69) is 37.9 Å². The zero-order valence-corrected chi connectivity index (χ0v) is 13.6. The van der Waals surface area contributed by atoms with Crippen LogP contribution < -0.4 is 5.32 Å². The molecular formula is C16H34N2O. The minimum absolute atomic E-state index is 0.150. The molecule has 1 aliphatic heterocycles. The molecule has 0 radical (unpaired) electrons. The van der Waals surface area contributed by atoms with Gasteiger partial charge in [-0.3, -0.25) is 0 Å². The Morgan fingerprint density at radius 3 is 2.47 bits per heavy atom. The Kier molecular flexibility index (Phi) is 6.78. The summed E-state index contributed by atoms with van der Waals surface area (Å²) in [6, 6.07) is 0.538. The second-order valence-corrected chi connectivity index (χ2v) is 6.99. The Morgan fingerprint density at radius 1 is 1.26 bits per heavy atom. The van der Waals surface area contributed by atoms with Crippen molar-refractivity contribution in [2.75, 3.05) is 26.7 Å². The van der Waals surface area contributed by atoms with Crippen molar-refractivity contribution in [2.24, 2.45) is 11.8 Å². The maximum atomic E-state index is 9.52. The van der Waals surface area contributed by atoms with E-state index in [1.807, 2.05) is 7.05 Å². The van der Waals surface area contributed by atoms with Crippen molar-refractivity contribution in [3.63, 3.8) is 0 Å². The minimum Gasteiger partial charge on any atom is -0.394 e. The van der Waals surface area contributed by atoms with Crippen LogP contribution in [0.1, 0.15) is 53.4 Å². The molecule has 0 saturated carbocycles. The molecule has 19 heavy (non-hydrogen) atoms. The summed E-state index contributed by atoms with van der Waals surface area (Å²) in [5.41, 5.74) is -0.150. The monoisotopic (exact) mass is 270 g/mol. The molecule has 0 amide bonds. The molecule has 0 aromatic carbocycles. The van der Waals surface area contributed by atoms with Crippen LogP contribution in [0.5, 0.6) is 0 Å². The van der Waals surface area contributed by atoms with Gasteiger partial charge in [0.25, 0.3) is 0 Å². The third kappa shape index (κ3) is 5.05. The van der Waals surface area contributed by atoms with E-state index in [1.54, 1.807) is 0 Å². The molecule has 0 spiro atoms. The van der Waals surface area contributed by atoms with Gasteiger partial charge in [-0.25, -0.2) is 0 Å². The number of likely N-dealkylation sites (N-methyl/N-ethyl adjacent to an activating group) is 1. The van der Waals surface area contributed by atoms with Crippen molar-refractivity contribution in [3.05, 3.63) is 0 Å². The fourth-order valence-corrected chi connectivity index (χ4v) is 3.28. The molecule has 3 unspecified atom stereocenters. The van der Waals surface area contributed by atoms with E-state index in [1.165, 1.54) is 32.4 Å². The van der Waals surface area contributed by atoms with Gasteiger partial charge in [0.1, 0.15) is 0 Å². The predicted molar refractivity (Wildman–Crippen MR) is 82.4 cm³/mol. The van der Waals surface area contributed by atoms with Crippen LogP contribution in [0.15, 0.2) is 0 Å². The molecule has 1 saturated heterocycles. The van der Waals surface area contributed by atoms with Crippen molar-refractivity contribution in [3.8, 4) is 0 Å². The molecule has 0 aromatic heterocycles. The molecule has 0 aromatic rings. The van der Waals surface area contributed by atoms with Crippen molar-refractivity contribution < 1.29 is 5.11 Å². The Bertz CT molecular complexity index is 251. The van der Waals surface area contributed by atoms with E-state index in [0.29, 0.717) is 6.04 Å². The third-order valence-corrected chi connectivity index (χ3v) is 5.07. The maximum Gasteiger partial charge on any atom is 0.0611 e. The van der Waals surface area contributed by atoms with Crippen LogP contribution in [0, 0.1) is 11.8 Å². The van der Waals surface area contributed by atoms with Crippen molar-refractivity contribution >= 4 is 0 Å². The van der Waals surface area contributed by atoms with Crippen LogP contribution in [0.2, 0.25) is 0 Å². The van der Waals surface area contributed by atoms with Gasteiger partial charge in [-0.2, -0.15) is 0 Å². The van der Waals surface area contributed by atoms with Gasteiger partial charge in [-0.05, 0) is 71.5 Å². The highest BCUT2D eigenvalue weighted by atomic mass is 16.3. The first-order valence-corrected chi connectivity index (χ1v) is 7.95. The largest absolute Gasteiger partial charge is 0.394 e. The Labute approximate surface area is 119 Å². The van der Waals surface area contributed by atoms with Crippen molar-refractivity contribution in [1.82, 2.24) is 10.2 Å². The van der Waals surface area contributed by atoms with E-state index < -0.39 is 0 Å². The molecule has 0 aliphatic carbocycles. The van der Waals surface area contributed by atoms with Gasteiger partial charge in [0.15, 0.2) is 0 Å². The van der Waals surface area contributed by atoms with Gasteiger partial charge in [0, 0.05) is 11.6 Å². The van der Waals surface area contributed by atoms with Gasteiger partial charge in [0.05, 0.1) is 6.61 Å². The summed E-state index contributed by atoms with van der Waals surface area (Å²) >= 11 is 0. The first-order valence-electron chi connectivity index (χ1n) is 7.95. The molecule has 2 N–H and O–H groups in total. The second-order valence-electron chi connectivity index (χ2n) is 6.99. The summed E-state index contributed by atoms with van der Waals surface area (Å²) < 4.78 is 0. The molecule has 1 aliphatic rings. The van der Waals surface area contributed by atoms with E-state index in [4.69, 9.17) is 0 Å². The Morgan fingerprint density at radius 2 is 1.95 bits per heavy atom. The lowest BCUT2D eigenvalue weighted by Gasteiger charge is -2.35. The number of nitrogens with one attached hydrogen (secondary N) is 1. The van der Waals surface area contributed by atoms with Crippen molar-refractivity contribution in [2.45, 2.75) is 65.0 Å². The molecule has 3 nitrogen and oxygen atoms in total. The zero-order chi connectivity index (χ0) is 14.5. The predicted octanol–water partition coefficient (Wildman–Crippen LogP) is 2.49. The molecule has 1 heterocycles. The van der Waals surface area contributed by atoms with Crippen LogP contribution in [0.3, 0.4) is 0 Å². The average Bonchev–Trinajstić information content (AvgIpc) is 2.64. The molecule has 1 fully saturated rings. The van der Waals surface area contributed by atoms with Crippen LogP contribution in [0.4, 0.5) is 0 Å². The van der Waals surface area contributed by atoms with Crippen LogP contribution in [-0.2, 0) is 0 Å². The number of nitrogens with zero attached hydrogens (tertiary/aromatic N) is 1. The van der Waals surface area contributed by atoms with E-state index in [-0.39, 0.29) is 12.1 Å². The van der Waals surface area contributed by atoms with Gasteiger partial charge in [0.2, 0.25) is 0 Å². The fourth-order valence-electron chi connectivity index (χ4n) is 3.28. The van der Waals surface area contributed by atoms with Crippen LogP contribution in [0.25, 0.3) is 0 Å². The number of aliphatic hydroxyl groups excluding tert-OH is 1. The number of aliphatic hydroxyl groups is 1. The highest BCUT2D eigenvalue weighted by Gasteiger charge is 2.28. The summed E-state index contributed by atoms with van der Waals surface area (Å²) in [5.74, 6) is 1.71. The third-order valence-electron chi connectivity index (χ3n) is 5.07. The first kappa shape index (κ1) is 16.9. The van der Waals surface area contributed by atoms with Gasteiger partial charge < -0.3 is 15.3 Å². The standard InChI is InChI=1S/C16H34N2O/c1-13(2)15-7-6-9-18(10-8-15)14(3)11-16(4,12-19)17-5/h13-15,17,19H,6-12H2,1-5H3. The highest BCUT2D eigenvalue weighted by molar-refractivity contribution is 4.87. The summed E-state index contributed by atoms with van der Waals surface area (Å²) in [6.45, 7) is 11.8. The van der Waals surface area contributed by atoms with Gasteiger partial charge in [-0.15, -0.1) is 0 Å². The topological polar surface area (TPSA) is 35.5 Å². The van der Waals surface area contributed by atoms with Crippen LogP contribution in [-0.4, -0.2) is 48.3 Å². The summed E-state index contributed by atoms with van der Waals surface area (Å²) in [4.78, 5) is 2.62. The number of hydrogen-bond donors (Lipinski definition) is 2. The quantitative estimate of drug-likeness (QED) is 0.778. The first-order chi connectivity index (χ1) is 8.91. The number of rotatable bonds is 6. The lowest BCUT2D eigenvalue weighted by atomic mass is 9.89. The van der Waals surface area contributed by atoms with Gasteiger partial charge >= 0.3 is 0 Å². The average molecular weight is 270 g/mol. The van der Waals surface area contributed by atoms with E-state index in [0.717, 1.165) is 18.3 Å². The lowest BCUT2D eigenvalue weighted by Crippen LogP contribution is -2.49. The molecule has 114 valence electrons. The molecule has 3 atom stereocenters. The Hall–Kier alpha value is -0.120. The lowest BCUT2D eigenvalue weighted by molar-refractivity contribution is 0.120. The smallest absolute Gasteiger partial charge is 0.0611 e. The normalized spacial score (nSPS) is 27.0. The molecule has 0 bridgehead atoms. The summed E-state index contributed by atoms with van der Waals surface area (Å²) in [5, 5.41) is 12.8. The number of hydrogen-bond acceptors (Lipinski definition) is 3. The summed E-state index contributed by atoms with van der Waals surface area (Å²) in [7, 11) is 1.94. The fraction of sp³-hybridized carbons (Fsp3) is 1.00. The number of likely N-dealkylation sites (tertiary alicyclic amines) is 1. The van der Waals surface area contributed by atoms with Gasteiger partial charge in [-0.1, -0.05) is 13.8 Å².